The van der Waals surface area contributed by atoms with Crippen LogP contribution in [0.3, 0.4) is 0 Å². The third-order valence-electron chi connectivity index (χ3n) is 5.54. The van der Waals surface area contributed by atoms with Crippen LogP contribution in [0.25, 0.3) is 0 Å². The highest BCUT2D eigenvalue weighted by atomic mass is 35.5. The molecule has 0 radical (unpaired) electrons. The Balaban J connectivity index is 1.84. The number of carbonyl (C=O) groups is 2. The molecule has 0 unspecified atom stereocenters. The van der Waals surface area contributed by atoms with Gasteiger partial charge in [-0.2, -0.15) is 0 Å². The van der Waals surface area contributed by atoms with Gasteiger partial charge in [0.2, 0.25) is 11.8 Å². The molecule has 4 nitrogen and oxygen atoms in total. The van der Waals surface area contributed by atoms with Crippen molar-refractivity contribution in [3.63, 3.8) is 0 Å². The first-order chi connectivity index (χ1) is 16.8. The number of aryl methyl sites for hydroxylation is 1. The zero-order valence-corrected chi connectivity index (χ0v) is 22.1. The summed E-state index contributed by atoms with van der Waals surface area (Å²) in [5.74, 6) is 0.801. The van der Waals surface area contributed by atoms with Gasteiger partial charge in [0, 0.05) is 29.8 Å². The summed E-state index contributed by atoms with van der Waals surface area (Å²) < 4.78 is 0. The molecule has 0 aliphatic carbocycles. The average molecular weight is 509 g/mol. The zero-order chi connectivity index (χ0) is 25.2. The van der Waals surface area contributed by atoms with Crippen LogP contribution in [0.1, 0.15) is 36.1 Å². The number of benzene rings is 3. The molecular formula is C29H33ClN2O2S. The monoisotopic (exact) mass is 508 g/mol. The third kappa shape index (κ3) is 8.75. The molecule has 0 heterocycles. The highest BCUT2D eigenvalue weighted by Crippen LogP contribution is 2.20. The predicted octanol–water partition coefficient (Wildman–Crippen LogP) is 6.05. The second-order valence-electron chi connectivity index (χ2n) is 9.00. The molecule has 0 saturated carbocycles. The number of halogens is 1. The van der Waals surface area contributed by atoms with E-state index in [-0.39, 0.29) is 23.6 Å². The van der Waals surface area contributed by atoms with Crippen molar-refractivity contribution in [1.29, 1.82) is 0 Å². The van der Waals surface area contributed by atoms with Gasteiger partial charge in [-0.25, -0.2) is 0 Å². The van der Waals surface area contributed by atoms with Crippen LogP contribution in [0.4, 0.5) is 0 Å². The Hall–Kier alpha value is -2.76. The van der Waals surface area contributed by atoms with Crippen LogP contribution in [-0.4, -0.2) is 34.6 Å². The van der Waals surface area contributed by atoms with Crippen LogP contribution in [0.2, 0.25) is 5.02 Å². The predicted molar refractivity (Wildman–Crippen MR) is 147 cm³/mol. The van der Waals surface area contributed by atoms with Gasteiger partial charge in [-0.1, -0.05) is 83.9 Å². The van der Waals surface area contributed by atoms with Gasteiger partial charge >= 0.3 is 0 Å². The molecule has 0 spiro atoms. The van der Waals surface area contributed by atoms with Crippen molar-refractivity contribution in [3.8, 4) is 0 Å². The van der Waals surface area contributed by atoms with E-state index in [0.29, 0.717) is 23.7 Å². The standard InChI is InChI=1S/C29H33ClN2O2S/c1-21(2)31-29(34)27(17-23-9-5-4-6-10-23)32(18-25-11-7-8-22(3)16-25)28(33)20-35-19-24-12-14-26(30)15-13-24/h4-16,21,27H,17-20H2,1-3H3,(H,31,34)/t27-/m0/s1. The largest absolute Gasteiger partial charge is 0.352 e. The summed E-state index contributed by atoms with van der Waals surface area (Å²) >= 11 is 7.53. The van der Waals surface area contributed by atoms with Crippen molar-refractivity contribution in [1.82, 2.24) is 10.2 Å². The Labute approximate surface area is 218 Å². The first-order valence-electron chi connectivity index (χ1n) is 11.8. The summed E-state index contributed by atoms with van der Waals surface area (Å²) in [5.41, 5.74) is 4.26. The second kappa shape index (κ2) is 13.4. The highest BCUT2D eigenvalue weighted by molar-refractivity contribution is 7.99. The quantitative estimate of drug-likeness (QED) is 0.343. The van der Waals surface area contributed by atoms with Crippen LogP contribution in [0, 0.1) is 6.92 Å². The van der Waals surface area contributed by atoms with E-state index in [1.54, 1.807) is 16.7 Å². The molecule has 6 heteroatoms. The van der Waals surface area contributed by atoms with E-state index in [4.69, 9.17) is 11.6 Å². The Kier molecular flexibility index (Phi) is 10.2. The molecule has 0 saturated heterocycles. The van der Waals surface area contributed by atoms with Crippen LogP contribution >= 0.6 is 23.4 Å². The minimum absolute atomic E-state index is 0.0176. The summed E-state index contributed by atoms with van der Waals surface area (Å²) in [5, 5.41) is 3.72. The van der Waals surface area contributed by atoms with Gasteiger partial charge in [0.15, 0.2) is 0 Å². The van der Waals surface area contributed by atoms with Gasteiger partial charge in [-0.05, 0) is 49.6 Å². The van der Waals surface area contributed by atoms with E-state index in [9.17, 15) is 9.59 Å². The Morgan fingerprint density at radius 3 is 2.26 bits per heavy atom. The van der Waals surface area contributed by atoms with Crippen LogP contribution in [0.5, 0.6) is 0 Å². The Morgan fingerprint density at radius 1 is 0.914 bits per heavy atom. The molecule has 0 aliphatic rings. The summed E-state index contributed by atoms with van der Waals surface area (Å²) in [6.07, 6.45) is 0.457. The van der Waals surface area contributed by atoms with E-state index < -0.39 is 6.04 Å². The van der Waals surface area contributed by atoms with E-state index >= 15 is 0 Å². The SMILES string of the molecule is Cc1cccc(CN(C(=O)CSCc2ccc(Cl)cc2)[C@@H](Cc2ccccc2)C(=O)NC(C)C)c1. The number of hydrogen-bond acceptors (Lipinski definition) is 3. The lowest BCUT2D eigenvalue weighted by molar-refractivity contribution is -0.139. The van der Waals surface area contributed by atoms with Gasteiger partial charge in [-0.3, -0.25) is 9.59 Å². The van der Waals surface area contributed by atoms with Crippen LogP contribution in [-0.2, 0) is 28.3 Å². The number of amides is 2. The molecule has 35 heavy (non-hydrogen) atoms. The normalized spacial score (nSPS) is 11.8. The molecule has 184 valence electrons. The van der Waals surface area contributed by atoms with E-state index in [2.05, 4.69) is 11.4 Å². The molecular weight excluding hydrogens is 476 g/mol. The molecule has 0 aliphatic heterocycles. The number of rotatable bonds is 11. The summed E-state index contributed by atoms with van der Waals surface area (Å²) in [6, 6.07) is 25.0. The van der Waals surface area contributed by atoms with Crippen molar-refractivity contribution in [2.45, 2.75) is 51.6 Å². The maximum absolute atomic E-state index is 13.6. The first-order valence-corrected chi connectivity index (χ1v) is 13.4. The number of thioether (sulfide) groups is 1. The number of hydrogen-bond donors (Lipinski definition) is 1. The summed E-state index contributed by atoms with van der Waals surface area (Å²) in [6.45, 7) is 6.29. The summed E-state index contributed by atoms with van der Waals surface area (Å²) in [4.78, 5) is 28.7. The Bertz CT molecular complexity index is 1100. The molecule has 1 atom stereocenters. The zero-order valence-electron chi connectivity index (χ0n) is 20.5. The topological polar surface area (TPSA) is 49.4 Å². The third-order valence-corrected chi connectivity index (χ3v) is 6.79. The molecule has 0 bridgehead atoms. The van der Waals surface area contributed by atoms with Gasteiger partial charge in [0.05, 0.1) is 5.75 Å². The van der Waals surface area contributed by atoms with Crippen LogP contribution < -0.4 is 5.32 Å². The second-order valence-corrected chi connectivity index (χ2v) is 10.4. The minimum Gasteiger partial charge on any atom is -0.352 e. The average Bonchev–Trinajstić information content (AvgIpc) is 2.82. The molecule has 3 aromatic rings. The lowest BCUT2D eigenvalue weighted by atomic mass is 10.0. The molecule has 3 rings (SSSR count). The molecule has 1 N–H and O–H groups in total. The number of carbonyl (C=O) groups excluding carboxylic acids is 2. The fourth-order valence-corrected chi connectivity index (χ4v) is 4.86. The maximum atomic E-state index is 13.6. The van der Waals surface area contributed by atoms with E-state index in [1.165, 1.54) is 0 Å². The fraction of sp³-hybridized carbons (Fsp3) is 0.310. The van der Waals surface area contributed by atoms with Crippen molar-refractivity contribution in [2.75, 3.05) is 5.75 Å². The molecule has 2 amide bonds. The number of nitrogens with zero attached hydrogens (tertiary/aromatic N) is 1. The van der Waals surface area contributed by atoms with Gasteiger partial charge in [0.1, 0.15) is 6.04 Å². The molecule has 3 aromatic carbocycles. The van der Waals surface area contributed by atoms with Gasteiger partial charge in [-0.15, -0.1) is 11.8 Å². The highest BCUT2D eigenvalue weighted by Gasteiger charge is 2.30. The molecule has 0 aromatic heterocycles. The smallest absolute Gasteiger partial charge is 0.243 e. The van der Waals surface area contributed by atoms with Crippen LogP contribution in [0.15, 0.2) is 78.9 Å². The maximum Gasteiger partial charge on any atom is 0.243 e. The van der Waals surface area contributed by atoms with Gasteiger partial charge < -0.3 is 10.2 Å². The minimum atomic E-state index is -0.607. The van der Waals surface area contributed by atoms with E-state index in [0.717, 1.165) is 22.3 Å². The summed E-state index contributed by atoms with van der Waals surface area (Å²) in [7, 11) is 0. The van der Waals surface area contributed by atoms with Crippen molar-refractivity contribution < 1.29 is 9.59 Å². The van der Waals surface area contributed by atoms with Gasteiger partial charge in [0.25, 0.3) is 0 Å². The lowest BCUT2D eigenvalue weighted by Crippen LogP contribution is -2.52. The number of nitrogens with one attached hydrogen (secondary N) is 1. The fourth-order valence-electron chi connectivity index (χ4n) is 3.86. The first kappa shape index (κ1) is 26.8. The lowest BCUT2D eigenvalue weighted by Gasteiger charge is -2.32. The van der Waals surface area contributed by atoms with E-state index in [1.807, 2.05) is 93.6 Å². The van der Waals surface area contributed by atoms with Crippen molar-refractivity contribution in [3.05, 3.63) is 106 Å². The van der Waals surface area contributed by atoms with Crippen molar-refractivity contribution in [2.24, 2.45) is 0 Å². The molecule has 0 fully saturated rings. The Morgan fingerprint density at radius 2 is 1.60 bits per heavy atom. The van der Waals surface area contributed by atoms with Crippen molar-refractivity contribution >= 4 is 35.2 Å².